The van der Waals surface area contributed by atoms with Crippen molar-refractivity contribution in [1.29, 1.82) is 0 Å². The molecule has 0 aliphatic heterocycles. The minimum Gasteiger partial charge on any atom is -0.293 e. The number of carbonyl (C=O) groups is 1. The number of aryl methyl sites for hydroxylation is 1. The number of fused-ring (bicyclic) bond motifs is 1. The lowest BCUT2D eigenvalue weighted by Gasteiger charge is -2.03. The SMILES string of the molecule is Cc1ccc(C(=O)CSc2nnc3ccc(-c4cccnc4)nn23)cc1. The van der Waals surface area contributed by atoms with Crippen molar-refractivity contribution in [2.45, 2.75) is 12.1 Å². The van der Waals surface area contributed by atoms with Crippen molar-refractivity contribution in [3.05, 3.63) is 72.1 Å². The van der Waals surface area contributed by atoms with Gasteiger partial charge < -0.3 is 0 Å². The zero-order chi connectivity index (χ0) is 17.9. The molecule has 26 heavy (non-hydrogen) atoms. The van der Waals surface area contributed by atoms with E-state index in [1.807, 2.05) is 55.5 Å². The van der Waals surface area contributed by atoms with Crippen LogP contribution in [-0.4, -0.2) is 36.3 Å². The highest BCUT2D eigenvalue weighted by Gasteiger charge is 2.12. The van der Waals surface area contributed by atoms with Gasteiger partial charge in [0.1, 0.15) is 0 Å². The summed E-state index contributed by atoms with van der Waals surface area (Å²) in [5, 5.41) is 13.5. The number of thioether (sulfide) groups is 1. The molecule has 1 aromatic carbocycles. The van der Waals surface area contributed by atoms with Gasteiger partial charge in [-0.05, 0) is 31.2 Å². The average molecular weight is 361 g/mol. The molecule has 4 aromatic rings. The molecule has 7 heteroatoms. The maximum Gasteiger partial charge on any atom is 0.212 e. The highest BCUT2D eigenvalue weighted by atomic mass is 32.2. The highest BCUT2D eigenvalue weighted by molar-refractivity contribution is 7.99. The van der Waals surface area contributed by atoms with E-state index in [0.717, 1.165) is 16.8 Å². The van der Waals surface area contributed by atoms with Crippen molar-refractivity contribution in [2.24, 2.45) is 0 Å². The standard InChI is InChI=1S/C19H15N5OS/c1-13-4-6-14(7-5-13)17(25)12-26-19-22-21-18-9-8-16(23-24(18)19)15-3-2-10-20-11-15/h2-11H,12H2,1H3. The molecule has 0 radical (unpaired) electrons. The fraction of sp³-hybridized carbons (Fsp3) is 0.105. The molecular formula is C19H15N5OS. The highest BCUT2D eigenvalue weighted by Crippen LogP contribution is 2.21. The summed E-state index contributed by atoms with van der Waals surface area (Å²) in [6.07, 6.45) is 3.48. The third-order valence-electron chi connectivity index (χ3n) is 3.90. The molecule has 0 atom stereocenters. The van der Waals surface area contributed by atoms with Crippen LogP contribution in [0.15, 0.2) is 66.1 Å². The van der Waals surface area contributed by atoms with Crippen LogP contribution < -0.4 is 0 Å². The summed E-state index contributed by atoms with van der Waals surface area (Å²) in [5.41, 5.74) is 4.15. The molecule has 0 aliphatic carbocycles. The first-order chi connectivity index (χ1) is 12.7. The lowest BCUT2D eigenvalue weighted by Crippen LogP contribution is -2.04. The van der Waals surface area contributed by atoms with Crippen molar-refractivity contribution in [3.8, 4) is 11.3 Å². The molecular weight excluding hydrogens is 346 g/mol. The second-order valence-corrected chi connectivity index (χ2v) is 6.73. The summed E-state index contributed by atoms with van der Waals surface area (Å²) in [4.78, 5) is 16.5. The lowest BCUT2D eigenvalue weighted by atomic mass is 10.1. The Kier molecular flexibility index (Phi) is 4.45. The number of Topliss-reactive ketones (excluding diaryl/α,β-unsaturated/α-hetero) is 1. The Bertz CT molecular complexity index is 1060. The Morgan fingerprint density at radius 2 is 1.92 bits per heavy atom. The van der Waals surface area contributed by atoms with Gasteiger partial charge in [0.2, 0.25) is 5.16 Å². The van der Waals surface area contributed by atoms with Crippen LogP contribution in [0.5, 0.6) is 0 Å². The Labute approximate surface area is 154 Å². The minimum atomic E-state index is 0.0511. The number of rotatable bonds is 5. The number of ketones is 1. The second-order valence-electron chi connectivity index (χ2n) is 5.79. The van der Waals surface area contributed by atoms with Gasteiger partial charge in [0.15, 0.2) is 11.4 Å². The lowest BCUT2D eigenvalue weighted by molar-refractivity contribution is 0.102. The number of aromatic nitrogens is 5. The molecule has 0 amide bonds. The smallest absolute Gasteiger partial charge is 0.212 e. The van der Waals surface area contributed by atoms with Crippen molar-refractivity contribution >= 4 is 23.2 Å². The molecule has 4 rings (SSSR count). The summed E-state index contributed by atoms with van der Waals surface area (Å²) < 4.78 is 1.66. The maximum atomic E-state index is 12.4. The van der Waals surface area contributed by atoms with Crippen molar-refractivity contribution in [1.82, 2.24) is 24.8 Å². The van der Waals surface area contributed by atoms with E-state index in [1.54, 1.807) is 16.9 Å². The molecule has 6 nitrogen and oxygen atoms in total. The molecule has 0 unspecified atom stereocenters. The Morgan fingerprint density at radius 1 is 1.08 bits per heavy atom. The van der Waals surface area contributed by atoms with Gasteiger partial charge in [-0.15, -0.1) is 10.2 Å². The number of carbonyl (C=O) groups excluding carboxylic acids is 1. The summed E-state index contributed by atoms with van der Waals surface area (Å²) in [7, 11) is 0. The Balaban J connectivity index is 1.57. The fourth-order valence-electron chi connectivity index (χ4n) is 2.48. The predicted molar refractivity (Wildman–Crippen MR) is 100 cm³/mol. The van der Waals surface area contributed by atoms with Crippen LogP contribution in [0, 0.1) is 6.92 Å². The summed E-state index contributed by atoms with van der Waals surface area (Å²) >= 11 is 1.33. The molecule has 0 bridgehead atoms. The molecule has 128 valence electrons. The van der Waals surface area contributed by atoms with Crippen LogP contribution in [0.1, 0.15) is 15.9 Å². The zero-order valence-electron chi connectivity index (χ0n) is 14.0. The molecule has 0 N–H and O–H groups in total. The van der Waals surface area contributed by atoms with Crippen LogP contribution in [-0.2, 0) is 0 Å². The summed E-state index contributed by atoms with van der Waals surface area (Å²) in [6, 6.07) is 15.1. The first-order valence-electron chi connectivity index (χ1n) is 8.06. The van der Waals surface area contributed by atoms with E-state index in [9.17, 15) is 4.79 Å². The monoisotopic (exact) mass is 361 g/mol. The van der Waals surface area contributed by atoms with Gasteiger partial charge in [0, 0.05) is 23.5 Å². The minimum absolute atomic E-state index is 0.0511. The van der Waals surface area contributed by atoms with E-state index in [0.29, 0.717) is 16.4 Å². The van der Waals surface area contributed by atoms with Crippen molar-refractivity contribution in [2.75, 3.05) is 5.75 Å². The quantitative estimate of drug-likeness (QED) is 0.400. The maximum absolute atomic E-state index is 12.4. The van der Waals surface area contributed by atoms with Gasteiger partial charge in [-0.2, -0.15) is 9.61 Å². The number of hydrogen-bond donors (Lipinski definition) is 0. The van der Waals surface area contributed by atoms with E-state index in [-0.39, 0.29) is 11.5 Å². The Morgan fingerprint density at radius 3 is 2.69 bits per heavy atom. The third kappa shape index (κ3) is 3.34. The van der Waals surface area contributed by atoms with Gasteiger partial charge in [0.25, 0.3) is 0 Å². The normalized spacial score (nSPS) is 11.0. The first kappa shape index (κ1) is 16.4. The van der Waals surface area contributed by atoms with E-state index >= 15 is 0 Å². The molecule has 0 saturated heterocycles. The predicted octanol–water partition coefficient (Wildman–Crippen LogP) is 3.47. The Hall–Kier alpha value is -3.06. The van der Waals surface area contributed by atoms with E-state index in [1.165, 1.54) is 11.8 Å². The van der Waals surface area contributed by atoms with Crippen LogP contribution in [0.25, 0.3) is 16.9 Å². The fourth-order valence-corrected chi connectivity index (χ4v) is 3.26. The van der Waals surface area contributed by atoms with Crippen LogP contribution in [0.3, 0.4) is 0 Å². The summed E-state index contributed by atoms with van der Waals surface area (Å²) in [5.74, 6) is 0.331. The molecule has 3 aromatic heterocycles. The van der Waals surface area contributed by atoms with Crippen molar-refractivity contribution in [3.63, 3.8) is 0 Å². The van der Waals surface area contributed by atoms with Gasteiger partial charge in [-0.1, -0.05) is 41.6 Å². The van der Waals surface area contributed by atoms with Crippen molar-refractivity contribution < 1.29 is 4.79 Å². The van der Waals surface area contributed by atoms with Crippen LogP contribution in [0.2, 0.25) is 0 Å². The molecule has 0 saturated carbocycles. The largest absolute Gasteiger partial charge is 0.293 e. The zero-order valence-corrected chi connectivity index (χ0v) is 14.8. The van der Waals surface area contributed by atoms with Crippen LogP contribution >= 0.6 is 11.8 Å². The van der Waals surface area contributed by atoms with Crippen LogP contribution in [0.4, 0.5) is 0 Å². The van der Waals surface area contributed by atoms with E-state index in [4.69, 9.17) is 0 Å². The number of pyridine rings is 1. The van der Waals surface area contributed by atoms with E-state index in [2.05, 4.69) is 20.3 Å². The molecule has 0 aliphatic rings. The molecule has 3 heterocycles. The van der Waals surface area contributed by atoms with Gasteiger partial charge in [-0.3, -0.25) is 9.78 Å². The average Bonchev–Trinajstić information content (AvgIpc) is 3.09. The van der Waals surface area contributed by atoms with Gasteiger partial charge in [-0.25, -0.2) is 0 Å². The molecule has 0 spiro atoms. The number of benzene rings is 1. The topological polar surface area (TPSA) is 73.0 Å². The summed E-state index contributed by atoms with van der Waals surface area (Å²) in [6.45, 7) is 2.00. The number of nitrogens with zero attached hydrogens (tertiary/aromatic N) is 5. The van der Waals surface area contributed by atoms with Gasteiger partial charge >= 0.3 is 0 Å². The third-order valence-corrected chi connectivity index (χ3v) is 4.82. The van der Waals surface area contributed by atoms with E-state index < -0.39 is 0 Å². The second kappa shape index (κ2) is 7.05. The first-order valence-corrected chi connectivity index (χ1v) is 9.05. The molecule has 0 fully saturated rings. The number of hydrogen-bond acceptors (Lipinski definition) is 6. The van der Waals surface area contributed by atoms with Gasteiger partial charge in [0.05, 0.1) is 11.4 Å².